The van der Waals surface area contributed by atoms with Crippen LogP contribution in [0.3, 0.4) is 0 Å². The average Bonchev–Trinajstić information content (AvgIpc) is 2.86. The van der Waals surface area contributed by atoms with Crippen LogP contribution in [0.5, 0.6) is 0 Å². The molecule has 19 heavy (non-hydrogen) atoms. The standard InChI is InChI=1S/C12H18BrN3O2S/c1-15-12(17)10-6-18-3-2-16(10)9(5-14)11-4-8(13)7-19-11/h4,7,9-10H,2-3,5-6,14H2,1H3,(H,15,17). The van der Waals surface area contributed by atoms with Gasteiger partial charge >= 0.3 is 0 Å². The Bertz CT molecular complexity index is 440. The Balaban J connectivity index is 2.21. The van der Waals surface area contributed by atoms with E-state index < -0.39 is 0 Å². The van der Waals surface area contributed by atoms with Crippen LogP contribution in [-0.4, -0.2) is 50.2 Å². The number of likely N-dealkylation sites (N-methyl/N-ethyl adjacent to an activating group) is 1. The van der Waals surface area contributed by atoms with Crippen molar-refractivity contribution >= 4 is 33.2 Å². The van der Waals surface area contributed by atoms with Gasteiger partial charge in [-0.25, -0.2) is 0 Å². The van der Waals surface area contributed by atoms with Gasteiger partial charge in [-0.2, -0.15) is 0 Å². The number of rotatable bonds is 4. The van der Waals surface area contributed by atoms with Gasteiger partial charge in [0, 0.05) is 34.9 Å². The number of carbonyl (C=O) groups excluding carboxylic acids is 1. The van der Waals surface area contributed by atoms with Crippen molar-refractivity contribution < 1.29 is 9.53 Å². The Kier molecular flexibility index (Phi) is 5.35. The van der Waals surface area contributed by atoms with Gasteiger partial charge in [-0.15, -0.1) is 11.3 Å². The summed E-state index contributed by atoms with van der Waals surface area (Å²) < 4.78 is 6.47. The van der Waals surface area contributed by atoms with E-state index in [0.29, 0.717) is 19.8 Å². The molecule has 7 heteroatoms. The van der Waals surface area contributed by atoms with Crippen LogP contribution in [0.1, 0.15) is 10.9 Å². The number of nitrogens with zero attached hydrogens (tertiary/aromatic N) is 1. The van der Waals surface area contributed by atoms with Crippen molar-refractivity contribution in [2.75, 3.05) is 33.4 Å². The normalized spacial score (nSPS) is 22.2. The topological polar surface area (TPSA) is 67.6 Å². The number of ether oxygens (including phenoxy) is 1. The second-order valence-electron chi connectivity index (χ2n) is 4.36. The van der Waals surface area contributed by atoms with Gasteiger partial charge in [-0.05, 0) is 22.0 Å². The summed E-state index contributed by atoms with van der Waals surface area (Å²) in [5.74, 6) is -0.0197. The number of hydrogen-bond acceptors (Lipinski definition) is 5. The summed E-state index contributed by atoms with van der Waals surface area (Å²) in [6.45, 7) is 2.26. The number of nitrogens with two attached hydrogens (primary N) is 1. The second-order valence-corrected chi connectivity index (χ2v) is 6.22. The molecule has 1 aliphatic heterocycles. The van der Waals surface area contributed by atoms with E-state index in [1.54, 1.807) is 18.4 Å². The highest BCUT2D eigenvalue weighted by Crippen LogP contribution is 2.31. The molecule has 106 valence electrons. The van der Waals surface area contributed by atoms with E-state index >= 15 is 0 Å². The molecule has 0 aliphatic carbocycles. The molecule has 0 aromatic carbocycles. The van der Waals surface area contributed by atoms with Crippen molar-refractivity contribution in [1.29, 1.82) is 0 Å². The van der Waals surface area contributed by atoms with Gasteiger partial charge in [0.15, 0.2) is 0 Å². The van der Waals surface area contributed by atoms with Crippen molar-refractivity contribution in [2.24, 2.45) is 5.73 Å². The van der Waals surface area contributed by atoms with Gasteiger partial charge in [0.1, 0.15) is 6.04 Å². The minimum atomic E-state index is -0.270. The molecule has 1 aromatic rings. The van der Waals surface area contributed by atoms with Gasteiger partial charge in [0.2, 0.25) is 5.91 Å². The minimum Gasteiger partial charge on any atom is -0.378 e. The van der Waals surface area contributed by atoms with Crippen LogP contribution in [-0.2, 0) is 9.53 Å². The van der Waals surface area contributed by atoms with E-state index in [1.165, 1.54) is 4.88 Å². The maximum absolute atomic E-state index is 12.0. The monoisotopic (exact) mass is 347 g/mol. The number of hydrogen-bond donors (Lipinski definition) is 2. The molecular formula is C12H18BrN3O2S. The fourth-order valence-corrected chi connectivity index (χ4v) is 3.88. The zero-order valence-corrected chi connectivity index (χ0v) is 13.2. The lowest BCUT2D eigenvalue weighted by atomic mass is 10.1. The van der Waals surface area contributed by atoms with Gasteiger partial charge in [0.05, 0.1) is 19.3 Å². The Hall–Kier alpha value is -0.470. The smallest absolute Gasteiger partial charge is 0.239 e. The average molecular weight is 348 g/mol. The fraction of sp³-hybridized carbons (Fsp3) is 0.583. The highest BCUT2D eigenvalue weighted by molar-refractivity contribution is 9.10. The molecule has 2 rings (SSSR count). The molecule has 2 heterocycles. The maximum atomic E-state index is 12.0. The third-order valence-corrected chi connectivity index (χ3v) is 5.05. The molecule has 3 N–H and O–H groups in total. The third-order valence-electron chi connectivity index (χ3n) is 3.26. The lowest BCUT2D eigenvalue weighted by Crippen LogP contribution is -2.55. The highest BCUT2D eigenvalue weighted by Gasteiger charge is 2.34. The summed E-state index contributed by atoms with van der Waals surface area (Å²) in [5, 5.41) is 4.73. The molecule has 1 amide bonds. The maximum Gasteiger partial charge on any atom is 0.239 e. The second kappa shape index (κ2) is 6.81. The molecule has 0 bridgehead atoms. The summed E-state index contributed by atoms with van der Waals surface area (Å²) >= 11 is 5.11. The van der Waals surface area contributed by atoms with Gasteiger partial charge in [0.25, 0.3) is 0 Å². The third kappa shape index (κ3) is 3.35. The Labute approximate surface area is 125 Å². The largest absolute Gasteiger partial charge is 0.378 e. The lowest BCUT2D eigenvalue weighted by molar-refractivity contribution is -0.134. The summed E-state index contributed by atoms with van der Waals surface area (Å²) in [6.07, 6.45) is 0. The zero-order chi connectivity index (χ0) is 13.8. The van der Waals surface area contributed by atoms with Crippen molar-refractivity contribution in [3.63, 3.8) is 0 Å². The molecule has 1 aromatic heterocycles. The van der Waals surface area contributed by atoms with Gasteiger partial charge < -0.3 is 15.8 Å². The van der Waals surface area contributed by atoms with Crippen LogP contribution in [0, 0.1) is 0 Å². The number of morpholine rings is 1. The predicted octanol–water partition coefficient (Wildman–Crippen LogP) is 0.957. The summed E-state index contributed by atoms with van der Waals surface area (Å²) in [5.41, 5.74) is 5.93. The molecule has 1 saturated heterocycles. The molecular weight excluding hydrogens is 330 g/mol. The van der Waals surface area contributed by atoms with Crippen molar-refractivity contribution in [3.8, 4) is 0 Å². The number of halogens is 1. The number of nitrogens with one attached hydrogen (secondary N) is 1. The van der Waals surface area contributed by atoms with E-state index in [9.17, 15) is 4.79 Å². The number of amides is 1. The van der Waals surface area contributed by atoms with Crippen LogP contribution >= 0.6 is 27.3 Å². The Morgan fingerprint density at radius 3 is 3.16 bits per heavy atom. The van der Waals surface area contributed by atoms with Crippen LogP contribution in [0.2, 0.25) is 0 Å². The van der Waals surface area contributed by atoms with E-state index in [0.717, 1.165) is 11.0 Å². The van der Waals surface area contributed by atoms with Crippen LogP contribution in [0.25, 0.3) is 0 Å². The van der Waals surface area contributed by atoms with Gasteiger partial charge in [-0.3, -0.25) is 9.69 Å². The molecule has 1 aliphatic rings. The number of carbonyl (C=O) groups is 1. The molecule has 2 unspecified atom stereocenters. The molecule has 0 spiro atoms. The van der Waals surface area contributed by atoms with E-state index in [1.807, 2.05) is 5.38 Å². The summed E-state index contributed by atoms with van der Waals surface area (Å²) in [6, 6.07) is 1.86. The quantitative estimate of drug-likeness (QED) is 0.851. The van der Waals surface area contributed by atoms with Crippen molar-refractivity contribution in [3.05, 3.63) is 20.8 Å². The summed E-state index contributed by atoms with van der Waals surface area (Å²) in [4.78, 5) is 15.3. The van der Waals surface area contributed by atoms with Crippen LogP contribution in [0.4, 0.5) is 0 Å². The fourth-order valence-electron chi connectivity index (χ4n) is 2.30. The van der Waals surface area contributed by atoms with Gasteiger partial charge in [-0.1, -0.05) is 0 Å². The predicted molar refractivity (Wildman–Crippen MR) is 79.2 cm³/mol. The zero-order valence-electron chi connectivity index (χ0n) is 10.8. The molecule has 2 atom stereocenters. The van der Waals surface area contributed by atoms with E-state index in [4.69, 9.17) is 10.5 Å². The summed E-state index contributed by atoms with van der Waals surface area (Å²) in [7, 11) is 1.65. The Morgan fingerprint density at radius 1 is 1.79 bits per heavy atom. The highest BCUT2D eigenvalue weighted by atomic mass is 79.9. The minimum absolute atomic E-state index is 0.0197. The molecule has 0 radical (unpaired) electrons. The van der Waals surface area contributed by atoms with Crippen molar-refractivity contribution in [1.82, 2.24) is 10.2 Å². The molecule has 0 saturated carbocycles. The first-order chi connectivity index (χ1) is 9.17. The Morgan fingerprint density at radius 2 is 2.58 bits per heavy atom. The first-order valence-corrected chi connectivity index (χ1v) is 7.83. The lowest BCUT2D eigenvalue weighted by Gasteiger charge is -2.39. The van der Waals surface area contributed by atoms with Crippen LogP contribution in [0.15, 0.2) is 15.9 Å². The molecule has 1 fully saturated rings. The van der Waals surface area contributed by atoms with Crippen molar-refractivity contribution in [2.45, 2.75) is 12.1 Å². The van der Waals surface area contributed by atoms with E-state index in [-0.39, 0.29) is 18.0 Å². The van der Waals surface area contributed by atoms with E-state index in [2.05, 4.69) is 32.2 Å². The first-order valence-electron chi connectivity index (χ1n) is 6.16. The van der Waals surface area contributed by atoms with Crippen LogP contribution < -0.4 is 11.1 Å². The first kappa shape index (κ1) is 14.9. The SMILES string of the molecule is CNC(=O)C1COCCN1C(CN)c1cc(Br)cs1. The number of thiophene rings is 1. The molecule has 5 nitrogen and oxygen atoms in total.